The standard InChI is InChI=1S/C50H34N2.C46H30N2O.C46H32N2/c1-3-11-35(12-4-1)37-21-27-43(28-22-37)51(44-29-23-38(24-30-44)41-20-19-36-13-7-8-14-40(36)33-41)45-31-25-39-26-32-47-46-17-9-10-18-49(46)52(50(47)48(39)34-45)42-15-5-2-6-16-42;1-3-12-31(13-4-1)33-15-11-18-35(28-33)47(37-24-27-41-40-20-9-10-21-44(40)49-45(41)30-37)36-23-26-39-42-25-22-32-14-7-8-19-38(32)46(42)48(43(39)29-36)34-16-5-2-6-17-34;1-4-12-33(13-5-1)35-20-26-39(27-21-35)47(40-28-22-36(23-29-40)34-14-6-2-7-15-34)41-30-24-37-25-31-43-42-18-10-11-19-45(42)48(46(43)44(37)32-41)38-16-8-3-9-17-38/h1-34H;1-30H;1-32H. The minimum atomic E-state index is 0.869. The summed E-state index contributed by atoms with van der Waals surface area (Å²) in [5, 5.41) is 19.6. The monoisotopic (exact) mass is 1900 g/mol. The van der Waals surface area contributed by atoms with Crippen LogP contribution in [-0.4, -0.2) is 13.7 Å². The van der Waals surface area contributed by atoms with Crippen LogP contribution in [0.1, 0.15) is 0 Å². The predicted octanol–water partition coefficient (Wildman–Crippen LogP) is 39.6. The van der Waals surface area contributed by atoms with Gasteiger partial charge in [-0.15, -0.1) is 0 Å². The Morgan fingerprint density at radius 2 is 0.396 bits per heavy atom. The molecule has 7 heteroatoms. The molecule has 29 aromatic rings. The molecule has 0 fully saturated rings. The summed E-state index contributed by atoms with van der Waals surface area (Å²) in [7, 11) is 0. The Hall–Kier alpha value is -19.9. The Morgan fingerprint density at radius 3 is 0.866 bits per heavy atom. The maximum atomic E-state index is 6.41. The fourth-order valence-electron chi connectivity index (χ4n) is 22.4. The molecule has 29 rings (SSSR count). The first-order valence-electron chi connectivity index (χ1n) is 51.0. The topological polar surface area (TPSA) is 37.6 Å². The van der Waals surface area contributed by atoms with Gasteiger partial charge in [-0.25, -0.2) is 0 Å². The Labute approximate surface area is 863 Å². The predicted molar refractivity (Wildman–Crippen MR) is 631 cm³/mol. The van der Waals surface area contributed by atoms with Gasteiger partial charge in [-0.05, 0) is 252 Å². The lowest BCUT2D eigenvalue weighted by molar-refractivity contribution is 0.669. The van der Waals surface area contributed by atoms with Crippen molar-refractivity contribution in [2.24, 2.45) is 0 Å². The molecule has 0 bridgehead atoms. The molecule has 0 amide bonds. The quantitative estimate of drug-likeness (QED) is 0.0911. The molecule has 4 heterocycles. The second-order valence-corrected chi connectivity index (χ2v) is 38.2. The van der Waals surface area contributed by atoms with E-state index in [1.54, 1.807) is 0 Å². The summed E-state index contributed by atoms with van der Waals surface area (Å²) in [4.78, 5) is 7.10. The van der Waals surface area contributed by atoms with Gasteiger partial charge in [0, 0.05) is 134 Å². The highest BCUT2D eigenvalue weighted by atomic mass is 16.3. The van der Waals surface area contributed by atoms with Crippen LogP contribution in [0.3, 0.4) is 0 Å². The van der Waals surface area contributed by atoms with Crippen molar-refractivity contribution in [2.45, 2.75) is 0 Å². The minimum Gasteiger partial charge on any atom is -0.456 e. The number of rotatable bonds is 17. The molecule has 0 aliphatic carbocycles. The average molecular weight is 1900 g/mol. The lowest BCUT2D eigenvalue weighted by Crippen LogP contribution is -2.10. The van der Waals surface area contributed by atoms with Crippen LogP contribution in [0.25, 0.3) is 203 Å². The molecule has 0 radical (unpaired) electrons. The third-order valence-electron chi connectivity index (χ3n) is 29.5. The summed E-state index contributed by atoms with van der Waals surface area (Å²) in [6, 6.07) is 210. The van der Waals surface area contributed by atoms with Crippen LogP contribution in [0.15, 0.2) is 587 Å². The van der Waals surface area contributed by atoms with Gasteiger partial charge in [0.2, 0.25) is 0 Å². The summed E-state index contributed by atoms with van der Waals surface area (Å²) in [5.41, 5.74) is 34.3. The molecule has 0 aliphatic heterocycles. The molecule has 0 unspecified atom stereocenters. The molecule has 149 heavy (non-hydrogen) atoms. The van der Waals surface area contributed by atoms with Crippen LogP contribution in [0.5, 0.6) is 0 Å². The number of para-hydroxylation sites is 6. The van der Waals surface area contributed by atoms with Crippen LogP contribution in [0.4, 0.5) is 51.2 Å². The minimum absolute atomic E-state index is 0.869. The molecule has 700 valence electrons. The van der Waals surface area contributed by atoms with E-state index in [0.29, 0.717) is 0 Å². The van der Waals surface area contributed by atoms with Gasteiger partial charge in [-0.3, -0.25) is 0 Å². The zero-order chi connectivity index (χ0) is 98.6. The number of hydrogen-bond donors (Lipinski definition) is 0. The second kappa shape index (κ2) is 38.1. The van der Waals surface area contributed by atoms with E-state index in [1.807, 2.05) is 12.1 Å². The van der Waals surface area contributed by atoms with E-state index >= 15 is 0 Å². The average Bonchev–Trinajstić information content (AvgIpc) is 1.58. The van der Waals surface area contributed by atoms with Crippen LogP contribution in [-0.2, 0) is 0 Å². The van der Waals surface area contributed by atoms with Crippen molar-refractivity contribution in [1.82, 2.24) is 13.7 Å². The lowest BCUT2D eigenvalue weighted by Gasteiger charge is -2.26. The lowest BCUT2D eigenvalue weighted by atomic mass is 10.0. The summed E-state index contributed by atoms with van der Waals surface area (Å²) in [6.45, 7) is 0. The fraction of sp³-hybridized carbons (Fsp3) is 0. The van der Waals surface area contributed by atoms with E-state index in [1.165, 1.54) is 159 Å². The molecule has 0 N–H and O–H groups in total. The number of aromatic nitrogens is 3. The first-order valence-corrected chi connectivity index (χ1v) is 51.0. The third kappa shape index (κ3) is 16.3. The van der Waals surface area contributed by atoms with Crippen molar-refractivity contribution in [1.29, 1.82) is 0 Å². The fourth-order valence-corrected chi connectivity index (χ4v) is 22.4. The summed E-state index contributed by atoms with van der Waals surface area (Å²) in [5.74, 6) is 0. The summed E-state index contributed by atoms with van der Waals surface area (Å²) < 4.78 is 13.7. The van der Waals surface area contributed by atoms with E-state index in [9.17, 15) is 0 Å². The van der Waals surface area contributed by atoms with Gasteiger partial charge in [0.25, 0.3) is 0 Å². The highest BCUT2D eigenvalue weighted by Crippen LogP contribution is 2.49. The Balaban J connectivity index is 0.000000110. The zero-order valence-corrected chi connectivity index (χ0v) is 81.5. The normalized spacial score (nSPS) is 11.5. The molecular formula is C142H96N6O. The third-order valence-corrected chi connectivity index (χ3v) is 29.5. The van der Waals surface area contributed by atoms with Crippen LogP contribution in [0, 0.1) is 0 Å². The number of anilines is 9. The highest BCUT2D eigenvalue weighted by Gasteiger charge is 2.26. The van der Waals surface area contributed by atoms with Crippen LogP contribution < -0.4 is 14.7 Å². The van der Waals surface area contributed by atoms with Crippen molar-refractivity contribution in [2.75, 3.05) is 14.7 Å². The van der Waals surface area contributed by atoms with E-state index < -0.39 is 0 Å². The van der Waals surface area contributed by atoms with Gasteiger partial charge in [0.05, 0.1) is 33.1 Å². The molecule has 0 saturated carbocycles. The van der Waals surface area contributed by atoms with Crippen LogP contribution in [0.2, 0.25) is 0 Å². The number of fused-ring (bicyclic) bond motifs is 19. The largest absolute Gasteiger partial charge is 0.456 e. The molecule has 4 aromatic heterocycles. The Kier molecular flexibility index (Phi) is 22.5. The van der Waals surface area contributed by atoms with Gasteiger partial charge in [-0.1, -0.05) is 406 Å². The molecular weight excluding hydrogens is 1810 g/mol. The van der Waals surface area contributed by atoms with Gasteiger partial charge >= 0.3 is 0 Å². The maximum absolute atomic E-state index is 6.41. The van der Waals surface area contributed by atoms with E-state index in [2.05, 4.69) is 599 Å². The van der Waals surface area contributed by atoms with Gasteiger partial charge < -0.3 is 32.8 Å². The van der Waals surface area contributed by atoms with E-state index in [0.717, 1.165) is 95.7 Å². The van der Waals surface area contributed by atoms with Crippen molar-refractivity contribution in [3.63, 3.8) is 0 Å². The number of furan rings is 1. The molecule has 0 saturated heterocycles. The smallest absolute Gasteiger partial charge is 0.137 e. The van der Waals surface area contributed by atoms with Crippen LogP contribution >= 0.6 is 0 Å². The summed E-state index contributed by atoms with van der Waals surface area (Å²) >= 11 is 0. The number of benzene rings is 25. The first-order chi connectivity index (χ1) is 73.9. The Bertz CT molecular complexity index is 9970. The first kappa shape index (κ1) is 88.1. The van der Waals surface area contributed by atoms with E-state index in [4.69, 9.17) is 4.42 Å². The van der Waals surface area contributed by atoms with Gasteiger partial charge in [0.1, 0.15) is 11.2 Å². The van der Waals surface area contributed by atoms with Gasteiger partial charge in [-0.2, -0.15) is 0 Å². The zero-order valence-electron chi connectivity index (χ0n) is 81.5. The SMILES string of the molecule is c1ccc(-c2ccc(N(c3ccc(-c4ccc5ccccc5c4)cc3)c3ccc4ccc5c6ccccc6n(-c6ccccc6)c5c4c3)cc2)cc1.c1ccc(-c2ccc(N(c3ccc(-c4ccccc4)cc3)c3ccc4ccc5c6ccccc6n(-c6ccccc6)c5c4c3)cc2)cc1.c1ccc(-c2cccc(N(c3ccc4c(c3)oc3ccccc34)c3ccc4c5ccc6ccccc6c5n(-c5ccccc5)c4c3)c2)cc1. The molecule has 25 aromatic carbocycles. The van der Waals surface area contributed by atoms with Gasteiger partial charge in [0.15, 0.2) is 0 Å². The summed E-state index contributed by atoms with van der Waals surface area (Å²) in [6.07, 6.45) is 0. The molecule has 0 atom stereocenters. The van der Waals surface area contributed by atoms with E-state index in [-0.39, 0.29) is 0 Å². The van der Waals surface area contributed by atoms with Crippen molar-refractivity contribution in [3.05, 3.63) is 582 Å². The second-order valence-electron chi connectivity index (χ2n) is 38.2. The highest BCUT2D eigenvalue weighted by molar-refractivity contribution is 6.23. The molecule has 0 aliphatic rings. The molecule has 7 nitrogen and oxygen atoms in total. The van der Waals surface area contributed by atoms with Crippen molar-refractivity contribution in [3.8, 4) is 72.7 Å². The van der Waals surface area contributed by atoms with Crippen molar-refractivity contribution < 1.29 is 4.42 Å². The Morgan fingerprint density at radius 1 is 0.128 bits per heavy atom. The molecule has 0 spiro atoms. The number of nitrogens with zero attached hydrogens (tertiary/aromatic N) is 6. The number of hydrogen-bond acceptors (Lipinski definition) is 4. The maximum Gasteiger partial charge on any atom is 0.137 e. The van der Waals surface area contributed by atoms with Crippen molar-refractivity contribution >= 4 is 182 Å².